The Morgan fingerprint density at radius 2 is 1.74 bits per heavy atom. The van der Waals surface area contributed by atoms with Crippen LogP contribution in [0.25, 0.3) is 5.57 Å². The summed E-state index contributed by atoms with van der Waals surface area (Å²) in [6, 6.07) is 11.5. The van der Waals surface area contributed by atoms with E-state index in [2.05, 4.69) is 6.08 Å². The van der Waals surface area contributed by atoms with Crippen LogP contribution in [0.1, 0.15) is 69.3 Å². The molecule has 182 valence electrons. The van der Waals surface area contributed by atoms with E-state index in [0.29, 0.717) is 50.5 Å². The Bertz CT molecular complexity index is 1080. The highest BCUT2D eigenvalue weighted by Crippen LogP contribution is 2.43. The van der Waals surface area contributed by atoms with Crippen molar-refractivity contribution in [2.45, 2.75) is 58.7 Å². The van der Waals surface area contributed by atoms with E-state index < -0.39 is 11.2 Å². The molecule has 4 rings (SSSR count). The number of para-hydroxylation sites is 1. The van der Waals surface area contributed by atoms with Gasteiger partial charge in [0.15, 0.2) is 5.76 Å². The Balaban J connectivity index is 1.61. The molecule has 7 heteroatoms. The highest BCUT2D eigenvalue weighted by atomic mass is 16.6. The van der Waals surface area contributed by atoms with E-state index >= 15 is 0 Å². The van der Waals surface area contributed by atoms with Crippen molar-refractivity contribution in [2.75, 3.05) is 26.2 Å². The highest BCUT2D eigenvalue weighted by molar-refractivity contribution is 5.92. The fourth-order valence-corrected chi connectivity index (χ4v) is 4.48. The molecule has 1 aromatic carbocycles. The van der Waals surface area contributed by atoms with Crippen LogP contribution in [-0.2, 0) is 4.74 Å². The minimum absolute atomic E-state index is 0.113. The van der Waals surface area contributed by atoms with Gasteiger partial charge in [0.25, 0.3) is 5.91 Å². The lowest BCUT2D eigenvalue weighted by Gasteiger charge is -2.42. The summed E-state index contributed by atoms with van der Waals surface area (Å²) in [5.74, 6) is 1.63. The standard InChI is InChI=1S/C27H34N2O5/c1-6-28(7-2)24(30)23-13-12-21(32-23)20-18-27(33-22-11-9-8-10-19(20)22)14-16-29(17-15-27)25(31)34-26(3,4)5/h8-13,18H,6-7,14-17H2,1-5H3. The number of hydrogen-bond acceptors (Lipinski definition) is 5. The first-order valence-electron chi connectivity index (χ1n) is 12.0. The third kappa shape index (κ3) is 4.83. The Morgan fingerprint density at radius 3 is 2.38 bits per heavy atom. The summed E-state index contributed by atoms with van der Waals surface area (Å²) >= 11 is 0. The normalized spacial score (nSPS) is 17.0. The number of fused-ring (bicyclic) bond motifs is 1. The second kappa shape index (κ2) is 9.20. The Hall–Kier alpha value is -3.22. The molecule has 2 aromatic rings. The van der Waals surface area contributed by atoms with Gasteiger partial charge in [-0.15, -0.1) is 0 Å². The fraction of sp³-hybridized carbons (Fsp3) is 0.481. The zero-order valence-corrected chi connectivity index (χ0v) is 20.7. The summed E-state index contributed by atoms with van der Waals surface area (Å²) in [5.41, 5.74) is 0.752. The van der Waals surface area contributed by atoms with Gasteiger partial charge >= 0.3 is 6.09 Å². The van der Waals surface area contributed by atoms with Gasteiger partial charge in [0.1, 0.15) is 22.7 Å². The molecule has 0 saturated carbocycles. The van der Waals surface area contributed by atoms with Crippen molar-refractivity contribution < 1.29 is 23.5 Å². The summed E-state index contributed by atoms with van der Waals surface area (Å²) in [5, 5.41) is 0. The van der Waals surface area contributed by atoms with Crippen LogP contribution in [0.5, 0.6) is 5.75 Å². The predicted molar refractivity (Wildman–Crippen MR) is 130 cm³/mol. The largest absolute Gasteiger partial charge is 0.482 e. The first-order valence-corrected chi connectivity index (χ1v) is 12.0. The van der Waals surface area contributed by atoms with Crippen molar-refractivity contribution in [3.8, 4) is 5.75 Å². The molecule has 0 radical (unpaired) electrons. The number of hydrogen-bond donors (Lipinski definition) is 0. The first kappa shape index (κ1) is 23.9. The Morgan fingerprint density at radius 1 is 1.06 bits per heavy atom. The zero-order chi connectivity index (χ0) is 24.5. The number of benzene rings is 1. The van der Waals surface area contributed by atoms with Crippen LogP contribution in [0.3, 0.4) is 0 Å². The van der Waals surface area contributed by atoms with E-state index in [1.807, 2.05) is 65.0 Å². The Kier molecular flexibility index (Phi) is 6.47. The molecule has 2 amide bonds. The minimum Gasteiger partial charge on any atom is -0.482 e. The summed E-state index contributed by atoms with van der Waals surface area (Å²) in [4.78, 5) is 28.8. The molecule has 0 atom stereocenters. The van der Waals surface area contributed by atoms with Crippen LogP contribution in [0.15, 0.2) is 46.9 Å². The molecular weight excluding hydrogens is 432 g/mol. The lowest BCUT2D eigenvalue weighted by Crippen LogP contribution is -2.50. The van der Waals surface area contributed by atoms with Crippen molar-refractivity contribution in [1.82, 2.24) is 9.80 Å². The molecule has 1 spiro atoms. The summed E-state index contributed by atoms with van der Waals surface area (Å²) in [7, 11) is 0. The zero-order valence-electron chi connectivity index (χ0n) is 20.7. The van der Waals surface area contributed by atoms with E-state index in [9.17, 15) is 9.59 Å². The average molecular weight is 467 g/mol. The van der Waals surface area contributed by atoms with Crippen LogP contribution in [0, 0.1) is 0 Å². The molecule has 1 saturated heterocycles. The van der Waals surface area contributed by atoms with E-state index in [1.165, 1.54) is 0 Å². The van der Waals surface area contributed by atoms with E-state index in [4.69, 9.17) is 13.9 Å². The van der Waals surface area contributed by atoms with Crippen molar-refractivity contribution in [3.05, 3.63) is 59.6 Å². The second-order valence-corrected chi connectivity index (χ2v) is 9.83. The molecule has 3 heterocycles. The summed E-state index contributed by atoms with van der Waals surface area (Å²) < 4.78 is 18.1. The Labute approximate surface area is 201 Å². The SMILES string of the molecule is CCN(CC)C(=O)c1ccc(C2=CC3(CCN(C(=O)OC(C)(C)C)CC3)Oc3ccccc32)o1. The van der Waals surface area contributed by atoms with Crippen molar-refractivity contribution in [3.63, 3.8) is 0 Å². The molecule has 2 aliphatic rings. The number of furan rings is 1. The number of piperidine rings is 1. The van der Waals surface area contributed by atoms with Crippen LogP contribution in [0.2, 0.25) is 0 Å². The van der Waals surface area contributed by atoms with Crippen molar-refractivity contribution in [2.24, 2.45) is 0 Å². The van der Waals surface area contributed by atoms with Crippen LogP contribution in [0.4, 0.5) is 4.79 Å². The molecule has 0 N–H and O–H groups in total. The van der Waals surface area contributed by atoms with Gasteiger partial charge in [-0.2, -0.15) is 0 Å². The van der Waals surface area contributed by atoms with Gasteiger partial charge in [-0.3, -0.25) is 4.79 Å². The van der Waals surface area contributed by atoms with Gasteiger partial charge in [-0.25, -0.2) is 4.79 Å². The minimum atomic E-state index is -0.558. The van der Waals surface area contributed by atoms with Crippen LogP contribution < -0.4 is 4.74 Å². The molecule has 0 aliphatic carbocycles. The number of ether oxygens (including phenoxy) is 2. The lowest BCUT2D eigenvalue weighted by atomic mass is 9.84. The van der Waals surface area contributed by atoms with Crippen LogP contribution in [-0.4, -0.2) is 59.2 Å². The molecule has 2 aliphatic heterocycles. The quantitative estimate of drug-likeness (QED) is 0.607. The van der Waals surface area contributed by atoms with E-state index in [1.54, 1.807) is 15.9 Å². The first-order chi connectivity index (χ1) is 16.1. The van der Waals surface area contributed by atoms with Gasteiger partial charge in [0.05, 0.1) is 0 Å². The monoisotopic (exact) mass is 466 g/mol. The maximum atomic E-state index is 12.8. The smallest absolute Gasteiger partial charge is 0.410 e. The number of nitrogens with zero attached hydrogens (tertiary/aromatic N) is 2. The molecule has 0 unspecified atom stereocenters. The summed E-state index contributed by atoms with van der Waals surface area (Å²) in [6.07, 6.45) is 3.08. The maximum Gasteiger partial charge on any atom is 0.410 e. The molecular formula is C27H34N2O5. The highest BCUT2D eigenvalue weighted by Gasteiger charge is 2.41. The van der Waals surface area contributed by atoms with Gasteiger partial charge in [-0.05, 0) is 58.9 Å². The maximum absolute atomic E-state index is 12.8. The van der Waals surface area contributed by atoms with Crippen molar-refractivity contribution >= 4 is 17.6 Å². The van der Waals surface area contributed by atoms with Gasteiger partial charge in [0, 0.05) is 50.2 Å². The average Bonchev–Trinajstić information content (AvgIpc) is 3.29. The number of carbonyl (C=O) groups excluding carboxylic acids is 2. The lowest BCUT2D eigenvalue weighted by molar-refractivity contribution is -0.00120. The number of amides is 2. The number of likely N-dealkylation sites (tertiary alicyclic amines) is 1. The molecule has 7 nitrogen and oxygen atoms in total. The van der Waals surface area contributed by atoms with Gasteiger partial charge in [-0.1, -0.05) is 18.2 Å². The van der Waals surface area contributed by atoms with Gasteiger partial charge < -0.3 is 23.7 Å². The third-order valence-corrected chi connectivity index (χ3v) is 6.29. The van der Waals surface area contributed by atoms with E-state index in [0.717, 1.165) is 16.9 Å². The summed E-state index contributed by atoms with van der Waals surface area (Å²) in [6.45, 7) is 11.8. The molecule has 1 fully saturated rings. The van der Waals surface area contributed by atoms with Crippen LogP contribution >= 0.6 is 0 Å². The third-order valence-electron chi connectivity index (χ3n) is 6.29. The second-order valence-electron chi connectivity index (χ2n) is 9.83. The fourth-order valence-electron chi connectivity index (χ4n) is 4.48. The van der Waals surface area contributed by atoms with Gasteiger partial charge in [0.2, 0.25) is 0 Å². The molecule has 1 aromatic heterocycles. The van der Waals surface area contributed by atoms with E-state index in [-0.39, 0.29) is 12.0 Å². The number of carbonyl (C=O) groups is 2. The van der Waals surface area contributed by atoms with Crippen molar-refractivity contribution in [1.29, 1.82) is 0 Å². The molecule has 34 heavy (non-hydrogen) atoms. The predicted octanol–water partition coefficient (Wildman–Crippen LogP) is 5.36. The molecule has 0 bridgehead atoms. The number of rotatable bonds is 4. The topological polar surface area (TPSA) is 72.2 Å².